The zero-order valence-electron chi connectivity index (χ0n) is 16.9. The lowest BCUT2D eigenvalue weighted by Gasteiger charge is -2.21. The standard InChI is InChI=1S/C18H33N5O5S/c1-29-10-7-13(17(26)23-14(18(27)28)5-2-3-8-19)22-15(24)11-21-16(25)12-6-4-9-20-12/h12-14,20H,2-11,19H2,1H3,(H,21,25)(H,22,24)(H,23,26)(H,27,28). The average Bonchev–Trinajstić information content (AvgIpc) is 3.23. The number of carbonyl (C=O) groups excluding carboxylic acids is 3. The Labute approximate surface area is 175 Å². The molecule has 1 rings (SSSR count). The van der Waals surface area contributed by atoms with Crippen LogP contribution in [0.3, 0.4) is 0 Å². The summed E-state index contributed by atoms with van der Waals surface area (Å²) in [5, 5.41) is 20.0. The highest BCUT2D eigenvalue weighted by atomic mass is 32.2. The second-order valence-electron chi connectivity index (χ2n) is 6.95. The third kappa shape index (κ3) is 9.95. The molecule has 7 N–H and O–H groups in total. The SMILES string of the molecule is CSCCC(NC(=O)CNC(=O)C1CCCN1)C(=O)NC(CCCCN)C(=O)O. The van der Waals surface area contributed by atoms with Gasteiger partial charge in [-0.05, 0) is 63.6 Å². The van der Waals surface area contributed by atoms with E-state index in [1.54, 1.807) is 0 Å². The van der Waals surface area contributed by atoms with E-state index in [0.29, 0.717) is 31.6 Å². The van der Waals surface area contributed by atoms with Gasteiger partial charge in [0.2, 0.25) is 17.7 Å². The molecule has 0 saturated carbocycles. The minimum absolute atomic E-state index is 0.237. The molecule has 0 aliphatic carbocycles. The number of nitrogens with one attached hydrogen (secondary N) is 4. The number of hydrogen-bond donors (Lipinski definition) is 6. The van der Waals surface area contributed by atoms with Gasteiger partial charge in [-0.1, -0.05) is 0 Å². The first kappa shape index (κ1) is 25.2. The largest absolute Gasteiger partial charge is 0.480 e. The lowest BCUT2D eigenvalue weighted by atomic mass is 10.1. The van der Waals surface area contributed by atoms with Crippen LogP contribution in [-0.4, -0.2) is 78.6 Å². The Balaban J connectivity index is 2.56. The van der Waals surface area contributed by atoms with Crippen LogP contribution in [0.4, 0.5) is 0 Å². The summed E-state index contributed by atoms with van der Waals surface area (Å²) in [6.45, 7) is 0.991. The van der Waals surface area contributed by atoms with Gasteiger partial charge in [-0.2, -0.15) is 11.8 Å². The number of carboxylic acids is 1. The molecular formula is C18H33N5O5S. The van der Waals surface area contributed by atoms with Crippen LogP contribution in [0, 0.1) is 0 Å². The average molecular weight is 432 g/mol. The van der Waals surface area contributed by atoms with Crippen LogP contribution >= 0.6 is 11.8 Å². The van der Waals surface area contributed by atoms with E-state index in [1.807, 2.05) is 6.26 Å². The van der Waals surface area contributed by atoms with Gasteiger partial charge in [0.15, 0.2) is 0 Å². The number of aliphatic carboxylic acids is 1. The van der Waals surface area contributed by atoms with E-state index in [4.69, 9.17) is 5.73 Å². The molecule has 0 bridgehead atoms. The monoisotopic (exact) mass is 431 g/mol. The molecule has 11 heteroatoms. The summed E-state index contributed by atoms with van der Waals surface area (Å²) in [5.74, 6) is -1.79. The maximum absolute atomic E-state index is 12.6. The van der Waals surface area contributed by atoms with E-state index in [0.717, 1.165) is 19.4 Å². The van der Waals surface area contributed by atoms with Crippen LogP contribution in [-0.2, 0) is 19.2 Å². The first-order chi connectivity index (χ1) is 13.9. The molecular weight excluding hydrogens is 398 g/mol. The number of hydrogen-bond acceptors (Lipinski definition) is 7. The van der Waals surface area contributed by atoms with Gasteiger partial charge in [-0.15, -0.1) is 0 Å². The summed E-state index contributed by atoms with van der Waals surface area (Å²) in [5.41, 5.74) is 5.42. The van der Waals surface area contributed by atoms with Gasteiger partial charge in [0.05, 0.1) is 12.6 Å². The zero-order valence-corrected chi connectivity index (χ0v) is 17.7. The van der Waals surface area contributed by atoms with Gasteiger partial charge in [0.25, 0.3) is 0 Å². The molecule has 0 spiro atoms. The van der Waals surface area contributed by atoms with Gasteiger partial charge in [-0.3, -0.25) is 14.4 Å². The third-order valence-corrected chi connectivity index (χ3v) is 5.27. The maximum atomic E-state index is 12.6. The molecule has 0 aromatic rings. The second kappa shape index (κ2) is 14.2. The summed E-state index contributed by atoms with van der Waals surface area (Å²) in [6, 6.07) is -2.19. The Bertz CT molecular complexity index is 557. The van der Waals surface area contributed by atoms with Gasteiger partial charge in [0, 0.05) is 0 Å². The van der Waals surface area contributed by atoms with Crippen molar-refractivity contribution in [2.45, 2.75) is 56.7 Å². The third-order valence-electron chi connectivity index (χ3n) is 4.62. The van der Waals surface area contributed by atoms with E-state index < -0.39 is 29.9 Å². The Morgan fingerprint density at radius 1 is 1.17 bits per heavy atom. The smallest absolute Gasteiger partial charge is 0.326 e. The maximum Gasteiger partial charge on any atom is 0.326 e. The lowest BCUT2D eigenvalue weighted by molar-refractivity contribution is -0.142. The number of unbranched alkanes of at least 4 members (excludes halogenated alkanes) is 1. The highest BCUT2D eigenvalue weighted by Crippen LogP contribution is 2.06. The minimum atomic E-state index is -1.12. The molecule has 1 aliphatic rings. The van der Waals surface area contributed by atoms with E-state index in [9.17, 15) is 24.3 Å². The van der Waals surface area contributed by atoms with Crippen molar-refractivity contribution in [3.63, 3.8) is 0 Å². The van der Waals surface area contributed by atoms with Crippen molar-refractivity contribution in [3.05, 3.63) is 0 Å². The fourth-order valence-electron chi connectivity index (χ4n) is 2.97. The normalized spacial score (nSPS) is 17.9. The van der Waals surface area contributed by atoms with Gasteiger partial charge >= 0.3 is 5.97 Å². The molecule has 3 atom stereocenters. The van der Waals surface area contributed by atoms with Crippen molar-refractivity contribution < 1.29 is 24.3 Å². The fraction of sp³-hybridized carbons (Fsp3) is 0.778. The first-order valence-electron chi connectivity index (χ1n) is 9.91. The topological polar surface area (TPSA) is 163 Å². The molecule has 1 saturated heterocycles. The Hall–Kier alpha value is -1.85. The predicted octanol–water partition coefficient (Wildman–Crippen LogP) is -1.21. The zero-order chi connectivity index (χ0) is 21.6. The van der Waals surface area contributed by atoms with E-state index >= 15 is 0 Å². The van der Waals surface area contributed by atoms with Crippen LogP contribution in [0.2, 0.25) is 0 Å². The number of carbonyl (C=O) groups is 4. The molecule has 29 heavy (non-hydrogen) atoms. The van der Waals surface area contributed by atoms with Crippen molar-refractivity contribution in [2.75, 3.05) is 31.6 Å². The van der Waals surface area contributed by atoms with Crippen molar-refractivity contribution in [1.29, 1.82) is 0 Å². The number of thioether (sulfide) groups is 1. The highest BCUT2D eigenvalue weighted by Gasteiger charge is 2.27. The molecule has 3 amide bonds. The quantitative estimate of drug-likeness (QED) is 0.187. The van der Waals surface area contributed by atoms with Crippen LogP contribution < -0.4 is 27.0 Å². The molecule has 3 unspecified atom stereocenters. The van der Waals surface area contributed by atoms with Gasteiger partial charge in [0.1, 0.15) is 12.1 Å². The van der Waals surface area contributed by atoms with E-state index in [-0.39, 0.29) is 24.9 Å². The molecule has 10 nitrogen and oxygen atoms in total. The summed E-state index contributed by atoms with van der Waals surface area (Å²) in [4.78, 5) is 48.1. The molecule has 1 heterocycles. The molecule has 1 aliphatic heterocycles. The lowest BCUT2D eigenvalue weighted by Crippen LogP contribution is -2.53. The summed E-state index contributed by atoms with van der Waals surface area (Å²) < 4.78 is 0. The highest BCUT2D eigenvalue weighted by molar-refractivity contribution is 7.98. The Morgan fingerprint density at radius 2 is 1.93 bits per heavy atom. The second-order valence-corrected chi connectivity index (χ2v) is 7.94. The number of carboxylic acid groups (broad SMARTS) is 1. The molecule has 166 valence electrons. The molecule has 0 aromatic carbocycles. The fourth-order valence-corrected chi connectivity index (χ4v) is 3.44. The van der Waals surface area contributed by atoms with Crippen molar-refractivity contribution in [2.24, 2.45) is 5.73 Å². The van der Waals surface area contributed by atoms with Crippen molar-refractivity contribution >= 4 is 35.5 Å². The summed E-state index contributed by atoms with van der Waals surface area (Å²) >= 11 is 1.51. The van der Waals surface area contributed by atoms with Gasteiger partial charge < -0.3 is 32.1 Å². The van der Waals surface area contributed by atoms with Crippen LogP contribution in [0.1, 0.15) is 38.5 Å². The molecule has 0 radical (unpaired) electrons. The summed E-state index contributed by atoms with van der Waals surface area (Å²) in [6.07, 6.45) is 5.39. The molecule has 1 fully saturated rings. The number of amides is 3. The number of nitrogens with two attached hydrogens (primary N) is 1. The minimum Gasteiger partial charge on any atom is -0.480 e. The van der Waals surface area contributed by atoms with Crippen LogP contribution in [0.15, 0.2) is 0 Å². The predicted molar refractivity (Wildman–Crippen MR) is 111 cm³/mol. The molecule has 0 aromatic heterocycles. The Morgan fingerprint density at radius 3 is 2.52 bits per heavy atom. The summed E-state index contributed by atoms with van der Waals surface area (Å²) in [7, 11) is 0. The van der Waals surface area contributed by atoms with Crippen LogP contribution in [0.25, 0.3) is 0 Å². The Kier molecular flexibility index (Phi) is 12.3. The van der Waals surface area contributed by atoms with Crippen LogP contribution in [0.5, 0.6) is 0 Å². The van der Waals surface area contributed by atoms with Crippen molar-refractivity contribution in [1.82, 2.24) is 21.3 Å². The van der Waals surface area contributed by atoms with Gasteiger partial charge in [-0.25, -0.2) is 4.79 Å². The van der Waals surface area contributed by atoms with E-state index in [2.05, 4.69) is 21.3 Å². The number of rotatable bonds is 14. The first-order valence-corrected chi connectivity index (χ1v) is 11.3. The van der Waals surface area contributed by atoms with Crippen molar-refractivity contribution in [3.8, 4) is 0 Å². The van der Waals surface area contributed by atoms with E-state index in [1.165, 1.54) is 11.8 Å².